The highest BCUT2D eigenvalue weighted by atomic mass is 16.3. The Bertz CT molecular complexity index is 661. The molecule has 2 aromatic rings. The van der Waals surface area contributed by atoms with Gasteiger partial charge in [0, 0.05) is 19.7 Å². The molecule has 0 aromatic carbocycles. The van der Waals surface area contributed by atoms with E-state index < -0.39 is 0 Å². The highest BCUT2D eigenvalue weighted by Crippen LogP contribution is 2.17. The van der Waals surface area contributed by atoms with Gasteiger partial charge in [-0.2, -0.15) is 5.10 Å². The molecule has 0 fully saturated rings. The number of nitrogens with zero attached hydrogens (tertiary/aromatic N) is 3. The Morgan fingerprint density at radius 1 is 1.43 bits per heavy atom. The topological polar surface area (TPSA) is 80.4 Å². The van der Waals surface area contributed by atoms with Crippen LogP contribution in [0, 0.1) is 0 Å². The summed E-state index contributed by atoms with van der Waals surface area (Å²) in [6.07, 6.45) is 1.60. The van der Waals surface area contributed by atoms with Crippen molar-refractivity contribution in [2.45, 2.75) is 6.04 Å². The first-order chi connectivity index (χ1) is 9.99. The first kappa shape index (κ1) is 15.0. The smallest absolute Gasteiger partial charge is 0.271 e. The summed E-state index contributed by atoms with van der Waals surface area (Å²) in [6, 6.07) is 6.33. The predicted octanol–water partition coefficient (Wildman–Crippen LogP) is 0.406. The molecule has 112 valence electrons. The Kier molecular flexibility index (Phi) is 4.54. The maximum atomic E-state index is 12.1. The predicted molar refractivity (Wildman–Crippen MR) is 76.9 cm³/mol. The van der Waals surface area contributed by atoms with Crippen molar-refractivity contribution in [3.63, 3.8) is 0 Å². The molecule has 0 aliphatic heterocycles. The molecule has 0 aliphatic rings. The van der Waals surface area contributed by atoms with E-state index in [-0.39, 0.29) is 23.2 Å². The van der Waals surface area contributed by atoms with E-state index in [9.17, 15) is 9.59 Å². The monoisotopic (exact) mass is 290 g/mol. The highest BCUT2D eigenvalue weighted by molar-refractivity contribution is 5.92. The summed E-state index contributed by atoms with van der Waals surface area (Å²) in [5, 5.41) is 6.71. The van der Waals surface area contributed by atoms with Crippen LogP contribution in [-0.2, 0) is 7.05 Å². The Morgan fingerprint density at radius 2 is 2.19 bits per heavy atom. The van der Waals surface area contributed by atoms with Crippen LogP contribution < -0.4 is 10.9 Å². The fourth-order valence-corrected chi connectivity index (χ4v) is 1.92. The van der Waals surface area contributed by atoms with Crippen molar-refractivity contribution in [3.05, 3.63) is 52.3 Å². The van der Waals surface area contributed by atoms with E-state index >= 15 is 0 Å². The molecule has 7 heteroatoms. The third-order valence-corrected chi connectivity index (χ3v) is 3.14. The van der Waals surface area contributed by atoms with Gasteiger partial charge in [-0.05, 0) is 32.3 Å². The Morgan fingerprint density at radius 3 is 2.76 bits per heavy atom. The number of likely N-dealkylation sites (N-methyl/N-ethyl adjacent to an activating group) is 1. The number of carbonyl (C=O) groups is 1. The maximum absolute atomic E-state index is 12.1. The van der Waals surface area contributed by atoms with Gasteiger partial charge in [0.05, 0.1) is 12.3 Å². The second-order valence-corrected chi connectivity index (χ2v) is 4.89. The lowest BCUT2D eigenvalue weighted by Gasteiger charge is -2.22. The summed E-state index contributed by atoms with van der Waals surface area (Å²) in [5.74, 6) is 0.442. The van der Waals surface area contributed by atoms with Crippen LogP contribution in [0.15, 0.2) is 39.7 Å². The van der Waals surface area contributed by atoms with Crippen molar-refractivity contribution in [3.8, 4) is 0 Å². The number of nitrogens with one attached hydrogen (secondary N) is 1. The van der Waals surface area contributed by atoms with Crippen LogP contribution in [-0.4, -0.2) is 41.2 Å². The van der Waals surface area contributed by atoms with E-state index in [1.165, 1.54) is 19.2 Å². The molecule has 1 amide bonds. The molecule has 0 saturated heterocycles. The second-order valence-electron chi connectivity index (χ2n) is 4.89. The van der Waals surface area contributed by atoms with Gasteiger partial charge in [0.25, 0.3) is 11.5 Å². The molecule has 0 spiro atoms. The lowest BCUT2D eigenvalue weighted by molar-refractivity contribution is 0.0931. The fraction of sp³-hybridized carbons (Fsp3) is 0.357. The molecular formula is C14H18N4O3. The van der Waals surface area contributed by atoms with Crippen molar-refractivity contribution in [1.82, 2.24) is 20.0 Å². The van der Waals surface area contributed by atoms with Crippen LogP contribution >= 0.6 is 0 Å². The summed E-state index contributed by atoms with van der Waals surface area (Å²) in [7, 11) is 5.32. The van der Waals surface area contributed by atoms with Gasteiger partial charge in [0.1, 0.15) is 11.5 Å². The molecule has 0 radical (unpaired) electrons. The van der Waals surface area contributed by atoms with Gasteiger partial charge >= 0.3 is 0 Å². The van der Waals surface area contributed by atoms with Gasteiger partial charge in [0.15, 0.2) is 0 Å². The van der Waals surface area contributed by atoms with Crippen LogP contribution in [0.3, 0.4) is 0 Å². The average molecular weight is 290 g/mol. The number of rotatable bonds is 5. The number of hydrogen-bond donors (Lipinski definition) is 1. The van der Waals surface area contributed by atoms with Gasteiger partial charge in [0.2, 0.25) is 0 Å². The van der Waals surface area contributed by atoms with Crippen LogP contribution in [0.1, 0.15) is 22.3 Å². The maximum Gasteiger partial charge on any atom is 0.271 e. The summed E-state index contributed by atoms with van der Waals surface area (Å²) >= 11 is 0. The van der Waals surface area contributed by atoms with Crippen molar-refractivity contribution in [2.75, 3.05) is 20.6 Å². The van der Waals surface area contributed by atoms with Crippen LogP contribution in [0.5, 0.6) is 0 Å². The zero-order valence-electron chi connectivity index (χ0n) is 12.2. The second kappa shape index (κ2) is 6.36. The lowest BCUT2D eigenvalue weighted by Crippen LogP contribution is -2.35. The van der Waals surface area contributed by atoms with E-state index in [0.717, 1.165) is 10.4 Å². The molecule has 0 aliphatic carbocycles. The number of aromatic nitrogens is 2. The SMILES string of the molecule is CN(C)C(CNC(=O)c1ccc(=O)n(C)n1)c1ccco1. The summed E-state index contributed by atoms with van der Waals surface area (Å²) in [5.41, 5.74) is -0.0534. The highest BCUT2D eigenvalue weighted by Gasteiger charge is 2.18. The van der Waals surface area contributed by atoms with Crippen molar-refractivity contribution in [1.29, 1.82) is 0 Å². The number of hydrogen-bond acceptors (Lipinski definition) is 5. The molecule has 2 aromatic heterocycles. The first-order valence-corrected chi connectivity index (χ1v) is 6.51. The molecule has 1 atom stereocenters. The van der Waals surface area contributed by atoms with Crippen molar-refractivity contribution in [2.24, 2.45) is 7.05 Å². The largest absolute Gasteiger partial charge is 0.468 e. The van der Waals surface area contributed by atoms with Gasteiger partial charge in [-0.3, -0.25) is 14.5 Å². The van der Waals surface area contributed by atoms with Crippen molar-refractivity contribution >= 4 is 5.91 Å². The molecule has 2 heterocycles. The van der Waals surface area contributed by atoms with E-state index in [0.29, 0.717) is 6.54 Å². The van der Waals surface area contributed by atoms with E-state index in [1.807, 2.05) is 31.1 Å². The fourth-order valence-electron chi connectivity index (χ4n) is 1.92. The number of aryl methyl sites for hydroxylation is 1. The van der Waals surface area contributed by atoms with Gasteiger partial charge < -0.3 is 9.73 Å². The van der Waals surface area contributed by atoms with Crippen LogP contribution in [0.4, 0.5) is 0 Å². The zero-order valence-corrected chi connectivity index (χ0v) is 12.2. The summed E-state index contributed by atoms with van der Waals surface area (Å²) in [6.45, 7) is 0.379. The van der Waals surface area contributed by atoms with Gasteiger partial charge in [-0.25, -0.2) is 4.68 Å². The molecule has 0 saturated carbocycles. The molecule has 0 bridgehead atoms. The van der Waals surface area contributed by atoms with E-state index in [1.54, 1.807) is 6.26 Å². The Labute approximate surface area is 122 Å². The molecule has 1 unspecified atom stereocenters. The standard InChI is InChI=1S/C14H18N4O3/c1-17(2)11(12-5-4-8-21-12)9-15-14(20)10-6-7-13(19)18(3)16-10/h4-8,11H,9H2,1-3H3,(H,15,20). The van der Waals surface area contributed by atoms with E-state index in [2.05, 4.69) is 10.4 Å². The lowest BCUT2D eigenvalue weighted by atomic mass is 10.2. The summed E-state index contributed by atoms with van der Waals surface area (Å²) < 4.78 is 6.51. The number of amides is 1. The Hall–Kier alpha value is -2.41. The van der Waals surface area contributed by atoms with Crippen LogP contribution in [0.25, 0.3) is 0 Å². The first-order valence-electron chi connectivity index (χ1n) is 6.51. The average Bonchev–Trinajstić information content (AvgIpc) is 2.95. The normalized spacial score (nSPS) is 12.4. The minimum atomic E-state index is -0.330. The quantitative estimate of drug-likeness (QED) is 0.862. The molecule has 21 heavy (non-hydrogen) atoms. The minimum absolute atomic E-state index is 0.0727. The zero-order chi connectivity index (χ0) is 15.4. The van der Waals surface area contributed by atoms with E-state index in [4.69, 9.17) is 4.42 Å². The minimum Gasteiger partial charge on any atom is -0.468 e. The number of furan rings is 1. The van der Waals surface area contributed by atoms with Crippen molar-refractivity contribution < 1.29 is 9.21 Å². The molecule has 7 nitrogen and oxygen atoms in total. The molecule has 2 rings (SSSR count). The van der Waals surface area contributed by atoms with Gasteiger partial charge in [-0.15, -0.1) is 0 Å². The molecular weight excluding hydrogens is 272 g/mol. The number of carbonyl (C=O) groups excluding carboxylic acids is 1. The summed E-state index contributed by atoms with van der Waals surface area (Å²) in [4.78, 5) is 25.3. The Balaban J connectivity index is 2.05. The third kappa shape index (κ3) is 3.57. The third-order valence-electron chi connectivity index (χ3n) is 3.14. The van der Waals surface area contributed by atoms with Gasteiger partial charge in [-0.1, -0.05) is 0 Å². The molecule has 1 N–H and O–H groups in total. The van der Waals surface area contributed by atoms with Crippen LogP contribution in [0.2, 0.25) is 0 Å².